The normalized spacial score (nSPS) is 26.1. The van der Waals surface area contributed by atoms with Gasteiger partial charge in [0.2, 0.25) is 0 Å². The predicted molar refractivity (Wildman–Crippen MR) is 79.2 cm³/mol. The highest BCUT2D eigenvalue weighted by Crippen LogP contribution is 2.38. The average molecular weight is 278 g/mol. The number of hydrogen-bond acceptors (Lipinski definition) is 4. The molecule has 0 radical (unpaired) electrons. The van der Waals surface area contributed by atoms with Gasteiger partial charge in [-0.15, -0.1) is 0 Å². The van der Waals surface area contributed by atoms with Gasteiger partial charge >= 0.3 is 5.69 Å². The third kappa shape index (κ3) is 2.86. The molecule has 20 heavy (non-hydrogen) atoms. The molecule has 3 unspecified atom stereocenters. The summed E-state index contributed by atoms with van der Waals surface area (Å²) in [7, 11) is 1.46. The van der Waals surface area contributed by atoms with Gasteiger partial charge in [-0.3, -0.25) is 10.1 Å². The summed E-state index contributed by atoms with van der Waals surface area (Å²) in [6, 6.07) is 5.44. The first-order valence-electron chi connectivity index (χ1n) is 7.12. The molecule has 1 aromatic carbocycles. The summed E-state index contributed by atoms with van der Waals surface area (Å²) in [4.78, 5) is 10.9. The van der Waals surface area contributed by atoms with Gasteiger partial charge in [-0.25, -0.2) is 0 Å². The molecule has 1 N–H and O–H groups in total. The van der Waals surface area contributed by atoms with Crippen LogP contribution in [0.3, 0.4) is 0 Å². The van der Waals surface area contributed by atoms with Crippen molar-refractivity contribution in [2.45, 2.75) is 39.2 Å². The number of rotatable bonds is 4. The summed E-state index contributed by atoms with van der Waals surface area (Å²) in [6.07, 6.45) is 3.46. The second kappa shape index (κ2) is 6.11. The van der Waals surface area contributed by atoms with Crippen molar-refractivity contribution < 1.29 is 9.66 Å². The average Bonchev–Trinajstić information content (AvgIpc) is 2.43. The summed E-state index contributed by atoms with van der Waals surface area (Å²) in [6.45, 7) is 4.46. The van der Waals surface area contributed by atoms with Crippen LogP contribution in [0.2, 0.25) is 0 Å². The molecular weight excluding hydrogens is 256 g/mol. The molecule has 0 aliphatic heterocycles. The lowest BCUT2D eigenvalue weighted by atomic mass is 9.78. The Bertz CT molecular complexity index is 490. The van der Waals surface area contributed by atoms with Crippen LogP contribution >= 0.6 is 0 Å². The zero-order valence-electron chi connectivity index (χ0n) is 12.3. The highest BCUT2D eigenvalue weighted by atomic mass is 16.6. The largest absolute Gasteiger partial charge is 0.490 e. The number of nitrogens with zero attached hydrogens (tertiary/aromatic N) is 1. The van der Waals surface area contributed by atoms with E-state index in [1.165, 1.54) is 20.0 Å². The maximum absolute atomic E-state index is 11.3. The fourth-order valence-corrected chi connectivity index (χ4v) is 2.98. The highest BCUT2D eigenvalue weighted by molar-refractivity contribution is 5.68. The minimum atomic E-state index is -0.377. The molecule has 110 valence electrons. The van der Waals surface area contributed by atoms with Crippen molar-refractivity contribution in [1.29, 1.82) is 0 Å². The van der Waals surface area contributed by atoms with Crippen LogP contribution in [0.15, 0.2) is 18.2 Å². The highest BCUT2D eigenvalue weighted by Gasteiger charge is 2.29. The smallest absolute Gasteiger partial charge is 0.333 e. The monoisotopic (exact) mass is 278 g/mol. The SMILES string of the molecule is COc1cccc(NC2CCCC(C)C2C)c1[N+](=O)[O-]. The molecule has 1 aliphatic rings. The molecule has 0 aromatic heterocycles. The van der Waals surface area contributed by atoms with Crippen LogP contribution in [0.1, 0.15) is 33.1 Å². The summed E-state index contributed by atoms with van der Waals surface area (Å²) < 4.78 is 5.10. The van der Waals surface area contributed by atoms with Crippen LogP contribution in [0.25, 0.3) is 0 Å². The number of ether oxygens (including phenoxy) is 1. The number of anilines is 1. The van der Waals surface area contributed by atoms with E-state index in [4.69, 9.17) is 4.74 Å². The van der Waals surface area contributed by atoms with Gasteiger partial charge in [-0.1, -0.05) is 32.8 Å². The maximum Gasteiger partial charge on any atom is 0.333 e. The number of nitrogens with one attached hydrogen (secondary N) is 1. The summed E-state index contributed by atoms with van der Waals surface area (Å²) >= 11 is 0. The first kappa shape index (κ1) is 14.6. The van der Waals surface area contributed by atoms with E-state index >= 15 is 0 Å². The lowest BCUT2D eigenvalue weighted by molar-refractivity contribution is -0.384. The Balaban J connectivity index is 2.27. The zero-order valence-corrected chi connectivity index (χ0v) is 12.3. The Morgan fingerprint density at radius 3 is 2.75 bits per heavy atom. The Hall–Kier alpha value is -1.78. The maximum atomic E-state index is 11.3. The number of nitro benzene ring substituents is 1. The first-order valence-corrected chi connectivity index (χ1v) is 7.12. The first-order chi connectivity index (χ1) is 9.54. The number of benzene rings is 1. The summed E-state index contributed by atoms with van der Waals surface area (Å²) in [5.41, 5.74) is 0.584. The number of nitro groups is 1. The van der Waals surface area contributed by atoms with E-state index in [-0.39, 0.29) is 16.7 Å². The van der Waals surface area contributed by atoms with Gasteiger partial charge in [0, 0.05) is 6.04 Å². The molecule has 1 aromatic rings. The van der Waals surface area contributed by atoms with Crippen LogP contribution in [0.4, 0.5) is 11.4 Å². The summed E-state index contributed by atoms with van der Waals surface area (Å²) in [5.74, 6) is 1.46. The molecular formula is C15H22N2O3. The Morgan fingerprint density at radius 2 is 2.10 bits per heavy atom. The van der Waals surface area contributed by atoms with E-state index in [0.717, 1.165) is 6.42 Å². The van der Waals surface area contributed by atoms with E-state index in [0.29, 0.717) is 23.3 Å². The molecule has 5 nitrogen and oxygen atoms in total. The quantitative estimate of drug-likeness (QED) is 0.671. The van der Waals surface area contributed by atoms with Crippen molar-refractivity contribution in [1.82, 2.24) is 0 Å². The second-order valence-corrected chi connectivity index (χ2v) is 5.63. The van der Waals surface area contributed by atoms with E-state index in [1.54, 1.807) is 18.2 Å². The minimum Gasteiger partial charge on any atom is -0.490 e. The fourth-order valence-electron chi connectivity index (χ4n) is 2.98. The fraction of sp³-hybridized carbons (Fsp3) is 0.600. The topological polar surface area (TPSA) is 64.4 Å². The van der Waals surface area contributed by atoms with Crippen LogP contribution in [0, 0.1) is 22.0 Å². The minimum absolute atomic E-state index is 0.0282. The number of methoxy groups -OCH3 is 1. The Kier molecular flexibility index (Phi) is 4.47. The number of para-hydroxylation sites is 1. The van der Waals surface area contributed by atoms with Gasteiger partial charge in [0.05, 0.1) is 12.0 Å². The molecule has 5 heteroatoms. The third-order valence-corrected chi connectivity index (χ3v) is 4.45. The molecule has 0 amide bonds. The molecule has 0 heterocycles. The van der Waals surface area contributed by atoms with Crippen molar-refractivity contribution in [2.75, 3.05) is 12.4 Å². The van der Waals surface area contributed by atoms with Crippen LogP contribution in [-0.4, -0.2) is 18.1 Å². The molecule has 1 fully saturated rings. The molecule has 2 rings (SSSR count). The molecule has 3 atom stereocenters. The second-order valence-electron chi connectivity index (χ2n) is 5.63. The van der Waals surface area contributed by atoms with Crippen molar-refractivity contribution in [3.05, 3.63) is 28.3 Å². The lowest BCUT2D eigenvalue weighted by Gasteiger charge is -2.35. The predicted octanol–water partition coefficient (Wildman–Crippen LogP) is 3.84. The van der Waals surface area contributed by atoms with Crippen molar-refractivity contribution in [3.63, 3.8) is 0 Å². The van der Waals surface area contributed by atoms with Gasteiger partial charge < -0.3 is 10.1 Å². The Labute approximate surface area is 119 Å². The van der Waals surface area contributed by atoms with Crippen molar-refractivity contribution in [2.24, 2.45) is 11.8 Å². The van der Waals surface area contributed by atoms with Gasteiger partial charge in [0.15, 0.2) is 5.75 Å². The van der Waals surface area contributed by atoms with Crippen LogP contribution in [-0.2, 0) is 0 Å². The molecule has 1 saturated carbocycles. The van der Waals surface area contributed by atoms with Crippen LogP contribution in [0.5, 0.6) is 5.75 Å². The van der Waals surface area contributed by atoms with Crippen molar-refractivity contribution in [3.8, 4) is 5.75 Å². The molecule has 0 saturated heterocycles. The van der Waals surface area contributed by atoms with Gasteiger partial charge in [0.25, 0.3) is 0 Å². The van der Waals surface area contributed by atoms with Gasteiger partial charge in [-0.2, -0.15) is 0 Å². The van der Waals surface area contributed by atoms with E-state index in [9.17, 15) is 10.1 Å². The molecule has 0 spiro atoms. The Morgan fingerprint density at radius 1 is 1.35 bits per heavy atom. The zero-order chi connectivity index (χ0) is 14.7. The lowest BCUT2D eigenvalue weighted by Crippen LogP contribution is -2.35. The van der Waals surface area contributed by atoms with Gasteiger partial charge in [-0.05, 0) is 30.4 Å². The molecule has 0 bridgehead atoms. The van der Waals surface area contributed by atoms with E-state index < -0.39 is 0 Å². The standard InChI is InChI=1S/C15H22N2O3/c1-10-6-4-7-12(11(10)2)16-13-8-5-9-14(20-3)15(13)17(18)19/h5,8-12,16H,4,6-7H2,1-3H3. The third-order valence-electron chi connectivity index (χ3n) is 4.45. The van der Waals surface area contributed by atoms with Crippen LogP contribution < -0.4 is 10.1 Å². The van der Waals surface area contributed by atoms with E-state index in [2.05, 4.69) is 19.2 Å². The summed E-state index contributed by atoms with van der Waals surface area (Å²) in [5, 5.41) is 14.6. The van der Waals surface area contributed by atoms with E-state index in [1.807, 2.05) is 0 Å². The number of hydrogen-bond donors (Lipinski definition) is 1. The van der Waals surface area contributed by atoms with Crippen molar-refractivity contribution >= 4 is 11.4 Å². The van der Waals surface area contributed by atoms with Gasteiger partial charge in [0.1, 0.15) is 5.69 Å². The molecule has 1 aliphatic carbocycles.